The summed E-state index contributed by atoms with van der Waals surface area (Å²) in [6.45, 7) is 4.43. The van der Waals surface area contributed by atoms with E-state index in [-0.39, 0.29) is 12.4 Å². The summed E-state index contributed by atoms with van der Waals surface area (Å²) in [5.74, 6) is 0. The van der Waals surface area contributed by atoms with Crippen molar-refractivity contribution in [3.63, 3.8) is 0 Å². The van der Waals surface area contributed by atoms with Crippen LogP contribution >= 0.6 is 23.2 Å². The summed E-state index contributed by atoms with van der Waals surface area (Å²) in [6.07, 6.45) is 19.8. The number of hydrogen-bond acceptors (Lipinski definition) is 0. The lowest BCUT2D eigenvalue weighted by Crippen LogP contribution is -3.00. The first kappa shape index (κ1) is 29.1. The van der Waals surface area contributed by atoms with Gasteiger partial charge < -0.3 is 16.9 Å². The molecule has 0 bridgehead atoms. The highest BCUT2D eigenvalue weighted by molar-refractivity contribution is 6.42. The minimum absolute atomic E-state index is 0. The Hall–Kier alpha value is 0.0500. The summed E-state index contributed by atoms with van der Waals surface area (Å²) in [5, 5.41) is 1.38. The van der Waals surface area contributed by atoms with E-state index in [1.165, 1.54) is 96.4 Å². The van der Waals surface area contributed by atoms with E-state index in [0.29, 0.717) is 5.02 Å². The molecular formula is C25H44Cl3N. The SMILES string of the molecule is CCCCCCCCCCCCCCCC[N+](C)(C)Cc1cccc(Cl)c1Cl.[Cl-]. The van der Waals surface area contributed by atoms with Gasteiger partial charge in [-0.25, -0.2) is 0 Å². The van der Waals surface area contributed by atoms with Crippen LogP contribution in [0, 0.1) is 0 Å². The molecule has 1 aromatic carbocycles. The van der Waals surface area contributed by atoms with Crippen LogP contribution in [0.4, 0.5) is 0 Å². The molecule has 0 heterocycles. The number of halogens is 3. The number of benzene rings is 1. The van der Waals surface area contributed by atoms with Gasteiger partial charge in [-0.1, -0.05) is 119 Å². The lowest BCUT2D eigenvalue weighted by molar-refractivity contribution is -0.903. The van der Waals surface area contributed by atoms with Gasteiger partial charge in [0.25, 0.3) is 0 Å². The maximum absolute atomic E-state index is 6.35. The Kier molecular flexibility index (Phi) is 17.7. The molecule has 4 heteroatoms. The average molecular weight is 465 g/mol. The van der Waals surface area contributed by atoms with Crippen molar-refractivity contribution < 1.29 is 16.9 Å². The minimum Gasteiger partial charge on any atom is -1.00 e. The normalized spacial score (nSPS) is 11.5. The molecule has 1 rings (SSSR count). The van der Waals surface area contributed by atoms with Crippen molar-refractivity contribution in [3.8, 4) is 0 Å². The van der Waals surface area contributed by atoms with E-state index in [2.05, 4.69) is 27.1 Å². The predicted molar refractivity (Wildman–Crippen MR) is 127 cm³/mol. The van der Waals surface area contributed by atoms with Gasteiger partial charge >= 0.3 is 0 Å². The smallest absolute Gasteiger partial charge is 0.105 e. The van der Waals surface area contributed by atoms with Gasteiger partial charge in [-0.05, 0) is 18.9 Å². The van der Waals surface area contributed by atoms with Crippen molar-refractivity contribution in [2.75, 3.05) is 20.6 Å². The third-order valence-electron chi connectivity index (χ3n) is 5.75. The van der Waals surface area contributed by atoms with Crippen molar-refractivity contribution in [2.45, 2.75) is 103 Å². The number of quaternary nitrogens is 1. The van der Waals surface area contributed by atoms with Crippen molar-refractivity contribution in [2.24, 2.45) is 0 Å². The summed E-state index contributed by atoms with van der Waals surface area (Å²) >= 11 is 12.5. The average Bonchev–Trinajstić information content (AvgIpc) is 2.65. The highest BCUT2D eigenvalue weighted by Gasteiger charge is 2.18. The maximum Gasteiger partial charge on any atom is 0.105 e. The van der Waals surface area contributed by atoms with Crippen molar-refractivity contribution >= 4 is 23.2 Å². The molecule has 0 fully saturated rings. The van der Waals surface area contributed by atoms with Gasteiger partial charge in [-0.3, -0.25) is 0 Å². The largest absolute Gasteiger partial charge is 1.00 e. The highest BCUT2D eigenvalue weighted by Crippen LogP contribution is 2.27. The van der Waals surface area contributed by atoms with E-state index in [9.17, 15) is 0 Å². The lowest BCUT2D eigenvalue weighted by atomic mass is 10.0. The minimum atomic E-state index is 0. The molecule has 0 aromatic heterocycles. The second-order valence-corrected chi connectivity index (χ2v) is 9.91. The molecule has 0 unspecified atom stereocenters. The second kappa shape index (κ2) is 17.7. The Balaban J connectivity index is 0.00000784. The van der Waals surface area contributed by atoms with Gasteiger partial charge in [0.1, 0.15) is 6.54 Å². The van der Waals surface area contributed by atoms with Crippen LogP contribution in [0.25, 0.3) is 0 Å². The zero-order valence-corrected chi connectivity index (χ0v) is 21.4. The van der Waals surface area contributed by atoms with Crippen LogP contribution in [-0.2, 0) is 6.54 Å². The Morgan fingerprint density at radius 1 is 0.690 bits per heavy atom. The summed E-state index contributed by atoms with van der Waals surface area (Å²) in [5.41, 5.74) is 1.16. The fourth-order valence-electron chi connectivity index (χ4n) is 3.95. The van der Waals surface area contributed by atoms with Gasteiger partial charge in [0.15, 0.2) is 0 Å². The Bertz CT molecular complexity index is 517. The molecule has 0 aliphatic carbocycles. The molecule has 0 amide bonds. The molecule has 0 radical (unpaired) electrons. The number of rotatable bonds is 17. The first-order valence-electron chi connectivity index (χ1n) is 11.7. The Morgan fingerprint density at radius 3 is 1.62 bits per heavy atom. The van der Waals surface area contributed by atoms with E-state index in [0.717, 1.165) is 21.6 Å². The van der Waals surface area contributed by atoms with Gasteiger partial charge in [0.05, 0.1) is 30.7 Å². The van der Waals surface area contributed by atoms with Crippen LogP contribution in [0.2, 0.25) is 10.0 Å². The number of nitrogens with zero attached hydrogens (tertiary/aromatic N) is 1. The molecule has 1 nitrogen and oxygen atoms in total. The van der Waals surface area contributed by atoms with Gasteiger partial charge in [0, 0.05) is 5.56 Å². The molecular weight excluding hydrogens is 421 g/mol. The van der Waals surface area contributed by atoms with Crippen LogP contribution in [0.15, 0.2) is 18.2 Å². The molecule has 170 valence electrons. The molecule has 0 saturated heterocycles. The van der Waals surface area contributed by atoms with Crippen molar-refractivity contribution in [1.29, 1.82) is 0 Å². The Morgan fingerprint density at radius 2 is 1.14 bits per heavy atom. The van der Waals surface area contributed by atoms with Gasteiger partial charge in [-0.15, -0.1) is 0 Å². The van der Waals surface area contributed by atoms with E-state index in [1.807, 2.05) is 12.1 Å². The van der Waals surface area contributed by atoms with E-state index < -0.39 is 0 Å². The Labute approximate surface area is 197 Å². The molecule has 0 aliphatic heterocycles. The van der Waals surface area contributed by atoms with Crippen LogP contribution in [-0.4, -0.2) is 25.1 Å². The highest BCUT2D eigenvalue weighted by atomic mass is 35.5. The van der Waals surface area contributed by atoms with Gasteiger partial charge in [0.2, 0.25) is 0 Å². The molecule has 0 aliphatic rings. The standard InChI is InChI=1S/C25H44Cl2N.ClH/c1-4-5-6-7-8-9-10-11-12-13-14-15-16-17-21-28(2,3)22-23-19-18-20-24(26)25(23)27;/h18-20H,4-17,21-22H2,1-3H3;1H/q+1;/p-1. The summed E-state index contributed by atoms with van der Waals surface area (Å²) in [6, 6.07) is 5.95. The second-order valence-electron chi connectivity index (χ2n) is 9.13. The van der Waals surface area contributed by atoms with E-state index >= 15 is 0 Å². The quantitative estimate of drug-likeness (QED) is 0.194. The van der Waals surface area contributed by atoms with E-state index in [1.54, 1.807) is 0 Å². The third-order valence-corrected chi connectivity index (χ3v) is 6.60. The zero-order chi connectivity index (χ0) is 20.7. The molecule has 0 N–H and O–H groups in total. The first-order valence-corrected chi connectivity index (χ1v) is 12.5. The zero-order valence-electron chi connectivity index (χ0n) is 19.1. The molecule has 0 spiro atoms. The summed E-state index contributed by atoms with van der Waals surface area (Å²) in [4.78, 5) is 0. The van der Waals surface area contributed by atoms with Crippen molar-refractivity contribution in [3.05, 3.63) is 33.8 Å². The molecule has 1 aromatic rings. The molecule has 0 saturated carbocycles. The topological polar surface area (TPSA) is 0 Å². The van der Waals surface area contributed by atoms with Crippen LogP contribution in [0.5, 0.6) is 0 Å². The van der Waals surface area contributed by atoms with Crippen LogP contribution in [0.3, 0.4) is 0 Å². The van der Waals surface area contributed by atoms with Gasteiger partial charge in [-0.2, -0.15) is 0 Å². The predicted octanol–water partition coefficient (Wildman–Crippen LogP) is 6.06. The van der Waals surface area contributed by atoms with Crippen molar-refractivity contribution in [1.82, 2.24) is 0 Å². The van der Waals surface area contributed by atoms with E-state index in [4.69, 9.17) is 23.2 Å². The number of hydrogen-bond donors (Lipinski definition) is 0. The maximum atomic E-state index is 6.35. The lowest BCUT2D eigenvalue weighted by Gasteiger charge is -2.30. The number of unbranched alkanes of at least 4 members (excludes halogenated alkanes) is 13. The first-order chi connectivity index (χ1) is 13.5. The third kappa shape index (κ3) is 14.6. The summed E-state index contributed by atoms with van der Waals surface area (Å²) in [7, 11) is 4.58. The van der Waals surface area contributed by atoms with Crippen LogP contribution < -0.4 is 12.4 Å². The molecule has 0 atom stereocenters. The fourth-order valence-corrected chi connectivity index (χ4v) is 4.33. The fraction of sp³-hybridized carbons (Fsp3) is 0.760. The monoisotopic (exact) mass is 463 g/mol. The van der Waals surface area contributed by atoms with Crippen LogP contribution in [0.1, 0.15) is 102 Å². The molecule has 29 heavy (non-hydrogen) atoms. The summed E-state index contributed by atoms with van der Waals surface area (Å²) < 4.78 is 0.971.